The molecule has 0 fully saturated rings. The summed E-state index contributed by atoms with van der Waals surface area (Å²) in [6.07, 6.45) is -1.08. The summed E-state index contributed by atoms with van der Waals surface area (Å²) in [6.45, 7) is 2.84. The van der Waals surface area contributed by atoms with E-state index in [2.05, 4.69) is 5.32 Å². The summed E-state index contributed by atoms with van der Waals surface area (Å²) in [5.41, 5.74) is -0.0960. The van der Waals surface area contributed by atoms with E-state index in [-0.39, 0.29) is 17.9 Å². The third-order valence-corrected chi connectivity index (χ3v) is 3.09. The molecule has 1 aromatic rings. The van der Waals surface area contributed by atoms with Crippen molar-refractivity contribution in [2.24, 2.45) is 5.92 Å². The number of rotatable bonds is 6. The number of nitrogens with one attached hydrogen (secondary N) is 1. The van der Waals surface area contributed by atoms with E-state index in [1.165, 1.54) is 0 Å². The van der Waals surface area contributed by atoms with Crippen LogP contribution >= 0.6 is 0 Å². The standard InChI is InChI=1S/C14H18F3NO3/c1-7(2)12(20)5-13(21)18-11(6-19)8-3-9(15)14(17)10(16)4-8/h3-4,7,11-12,19-20H,5-6H2,1-2H3,(H,18,21). The molecule has 118 valence electrons. The Hall–Kier alpha value is -1.60. The quantitative estimate of drug-likeness (QED) is 0.700. The first kappa shape index (κ1) is 17.5. The first-order valence-electron chi connectivity index (χ1n) is 6.49. The molecule has 1 amide bonds. The fourth-order valence-corrected chi connectivity index (χ4v) is 1.69. The van der Waals surface area contributed by atoms with E-state index in [1.54, 1.807) is 13.8 Å². The fraction of sp³-hybridized carbons (Fsp3) is 0.500. The predicted octanol–water partition coefficient (Wildman–Crippen LogP) is 1.66. The van der Waals surface area contributed by atoms with Gasteiger partial charge < -0.3 is 15.5 Å². The Labute approximate surface area is 120 Å². The summed E-state index contributed by atoms with van der Waals surface area (Å²) >= 11 is 0. The second-order valence-corrected chi connectivity index (χ2v) is 5.12. The molecule has 0 aliphatic carbocycles. The van der Waals surface area contributed by atoms with Gasteiger partial charge in [-0.2, -0.15) is 0 Å². The Kier molecular flexibility index (Phi) is 6.17. The largest absolute Gasteiger partial charge is 0.394 e. The van der Waals surface area contributed by atoms with Crippen LogP contribution in [-0.4, -0.2) is 28.8 Å². The molecule has 0 bridgehead atoms. The number of aliphatic hydroxyl groups is 2. The van der Waals surface area contributed by atoms with Crippen LogP contribution in [0.25, 0.3) is 0 Å². The van der Waals surface area contributed by atoms with Crippen molar-refractivity contribution >= 4 is 5.91 Å². The maximum absolute atomic E-state index is 13.1. The van der Waals surface area contributed by atoms with Gasteiger partial charge in [-0.1, -0.05) is 13.8 Å². The average Bonchev–Trinajstić information content (AvgIpc) is 2.41. The highest BCUT2D eigenvalue weighted by molar-refractivity contribution is 5.77. The fourth-order valence-electron chi connectivity index (χ4n) is 1.69. The average molecular weight is 305 g/mol. The number of benzene rings is 1. The molecule has 1 rings (SSSR count). The van der Waals surface area contributed by atoms with Gasteiger partial charge in [-0.15, -0.1) is 0 Å². The zero-order valence-electron chi connectivity index (χ0n) is 11.7. The van der Waals surface area contributed by atoms with Crippen LogP contribution in [-0.2, 0) is 4.79 Å². The monoisotopic (exact) mass is 305 g/mol. The topological polar surface area (TPSA) is 69.6 Å². The van der Waals surface area contributed by atoms with Gasteiger partial charge in [0.1, 0.15) is 0 Å². The summed E-state index contributed by atoms with van der Waals surface area (Å²) < 4.78 is 39.2. The van der Waals surface area contributed by atoms with Gasteiger partial charge in [0.25, 0.3) is 0 Å². The van der Waals surface area contributed by atoms with E-state index in [1.807, 2.05) is 0 Å². The summed E-state index contributed by atoms with van der Waals surface area (Å²) in [5.74, 6) is -5.14. The second-order valence-electron chi connectivity index (χ2n) is 5.12. The van der Waals surface area contributed by atoms with E-state index in [9.17, 15) is 28.2 Å². The van der Waals surface area contributed by atoms with E-state index in [4.69, 9.17) is 0 Å². The Balaban J connectivity index is 2.82. The Morgan fingerprint density at radius 1 is 1.24 bits per heavy atom. The van der Waals surface area contributed by atoms with E-state index >= 15 is 0 Å². The highest BCUT2D eigenvalue weighted by atomic mass is 19.2. The molecule has 0 aromatic heterocycles. The number of carbonyl (C=O) groups is 1. The maximum Gasteiger partial charge on any atom is 0.223 e. The van der Waals surface area contributed by atoms with E-state index in [0.29, 0.717) is 12.1 Å². The summed E-state index contributed by atoms with van der Waals surface area (Å²) in [4.78, 5) is 11.7. The SMILES string of the molecule is CC(C)C(O)CC(=O)NC(CO)c1cc(F)c(F)c(F)c1. The normalized spacial score (nSPS) is 14.1. The molecule has 0 saturated heterocycles. The summed E-state index contributed by atoms with van der Waals surface area (Å²) in [7, 11) is 0. The maximum atomic E-state index is 13.1. The third-order valence-electron chi connectivity index (χ3n) is 3.09. The van der Waals surface area contributed by atoms with Crippen molar-refractivity contribution in [2.45, 2.75) is 32.4 Å². The highest BCUT2D eigenvalue weighted by Gasteiger charge is 2.21. The predicted molar refractivity (Wildman–Crippen MR) is 69.7 cm³/mol. The van der Waals surface area contributed by atoms with Crippen LogP contribution in [0, 0.1) is 23.4 Å². The molecular weight excluding hydrogens is 287 g/mol. The Morgan fingerprint density at radius 3 is 2.19 bits per heavy atom. The molecule has 0 aliphatic heterocycles. The number of halogens is 3. The van der Waals surface area contributed by atoms with Crippen molar-refractivity contribution in [2.75, 3.05) is 6.61 Å². The number of carbonyl (C=O) groups excluding carboxylic acids is 1. The van der Waals surface area contributed by atoms with Crippen molar-refractivity contribution in [3.8, 4) is 0 Å². The molecule has 0 spiro atoms. The van der Waals surface area contributed by atoms with Gasteiger partial charge >= 0.3 is 0 Å². The molecule has 4 nitrogen and oxygen atoms in total. The molecule has 21 heavy (non-hydrogen) atoms. The molecule has 0 saturated carbocycles. The van der Waals surface area contributed by atoms with Crippen LogP contribution in [0.4, 0.5) is 13.2 Å². The smallest absolute Gasteiger partial charge is 0.223 e. The van der Waals surface area contributed by atoms with Gasteiger partial charge in [0.15, 0.2) is 17.5 Å². The first-order chi connectivity index (χ1) is 9.76. The lowest BCUT2D eigenvalue weighted by Gasteiger charge is -2.19. The molecule has 2 atom stereocenters. The third kappa shape index (κ3) is 4.71. The second kappa shape index (κ2) is 7.42. The minimum absolute atomic E-state index is 0.0960. The van der Waals surface area contributed by atoms with Crippen molar-refractivity contribution < 1.29 is 28.2 Å². The van der Waals surface area contributed by atoms with Crippen molar-refractivity contribution in [3.63, 3.8) is 0 Å². The van der Waals surface area contributed by atoms with Crippen molar-refractivity contribution in [1.29, 1.82) is 0 Å². The first-order valence-corrected chi connectivity index (χ1v) is 6.49. The number of aliphatic hydroxyl groups excluding tert-OH is 2. The van der Waals surface area contributed by atoms with E-state index in [0.717, 1.165) is 0 Å². The van der Waals surface area contributed by atoms with Crippen LogP contribution in [0.5, 0.6) is 0 Å². The number of amides is 1. The molecule has 0 aliphatic rings. The zero-order valence-corrected chi connectivity index (χ0v) is 11.7. The highest BCUT2D eigenvalue weighted by Crippen LogP contribution is 2.19. The van der Waals surface area contributed by atoms with E-state index < -0.39 is 42.1 Å². The van der Waals surface area contributed by atoms with Crippen LogP contribution in [0.2, 0.25) is 0 Å². The lowest BCUT2D eigenvalue weighted by atomic mass is 10.0. The Morgan fingerprint density at radius 2 is 1.76 bits per heavy atom. The zero-order chi connectivity index (χ0) is 16.2. The molecular formula is C14H18F3NO3. The van der Waals surface area contributed by atoms with Crippen LogP contribution < -0.4 is 5.32 Å². The van der Waals surface area contributed by atoms with Crippen molar-refractivity contribution in [1.82, 2.24) is 5.32 Å². The number of hydrogen-bond acceptors (Lipinski definition) is 3. The molecule has 7 heteroatoms. The summed E-state index contributed by atoms with van der Waals surface area (Å²) in [6, 6.07) is 0.332. The van der Waals surface area contributed by atoms with Gasteiger partial charge in [-0.05, 0) is 23.6 Å². The minimum Gasteiger partial charge on any atom is -0.394 e. The minimum atomic E-state index is -1.61. The van der Waals surface area contributed by atoms with Gasteiger partial charge in [-0.25, -0.2) is 13.2 Å². The van der Waals surface area contributed by atoms with Gasteiger partial charge in [-0.3, -0.25) is 4.79 Å². The van der Waals surface area contributed by atoms with Crippen LogP contribution in [0.15, 0.2) is 12.1 Å². The number of hydrogen-bond donors (Lipinski definition) is 3. The van der Waals surface area contributed by atoms with Crippen LogP contribution in [0.1, 0.15) is 31.9 Å². The lowest BCUT2D eigenvalue weighted by molar-refractivity contribution is -0.124. The molecule has 1 aromatic carbocycles. The van der Waals surface area contributed by atoms with Gasteiger partial charge in [0.2, 0.25) is 5.91 Å². The Bertz CT molecular complexity index is 485. The molecule has 0 heterocycles. The lowest BCUT2D eigenvalue weighted by Crippen LogP contribution is -2.34. The summed E-state index contributed by atoms with van der Waals surface area (Å²) in [5, 5.41) is 21.1. The van der Waals surface area contributed by atoms with Gasteiger partial charge in [0.05, 0.1) is 25.2 Å². The molecule has 2 unspecified atom stereocenters. The van der Waals surface area contributed by atoms with Crippen molar-refractivity contribution in [3.05, 3.63) is 35.1 Å². The molecule has 3 N–H and O–H groups in total. The van der Waals surface area contributed by atoms with Gasteiger partial charge in [0, 0.05) is 0 Å². The molecule has 0 radical (unpaired) electrons. The van der Waals surface area contributed by atoms with Crippen LogP contribution in [0.3, 0.4) is 0 Å².